The number of rotatable bonds is 5. The van der Waals surface area contributed by atoms with Gasteiger partial charge in [0.1, 0.15) is 17.3 Å². The Balaban J connectivity index is 1.56. The van der Waals surface area contributed by atoms with E-state index in [1.54, 1.807) is 16.9 Å². The Labute approximate surface area is 135 Å². The normalized spacial score (nSPS) is 18.8. The molecule has 0 radical (unpaired) electrons. The number of carbonyl (C=O) groups excluding carboxylic acids is 1. The van der Waals surface area contributed by atoms with Gasteiger partial charge in [0.15, 0.2) is 0 Å². The molecule has 3 heterocycles. The predicted octanol–water partition coefficient (Wildman–Crippen LogP) is 2.70. The lowest BCUT2D eigenvalue weighted by Gasteiger charge is -2.15. The molecule has 0 spiro atoms. The van der Waals surface area contributed by atoms with Crippen molar-refractivity contribution >= 4 is 11.8 Å². The van der Waals surface area contributed by atoms with Gasteiger partial charge in [0.2, 0.25) is 0 Å². The van der Waals surface area contributed by atoms with Gasteiger partial charge in [-0.2, -0.15) is 5.10 Å². The minimum atomic E-state index is -0.282. The van der Waals surface area contributed by atoms with Crippen LogP contribution in [0.15, 0.2) is 28.8 Å². The summed E-state index contributed by atoms with van der Waals surface area (Å²) < 4.78 is 12.7. The highest BCUT2D eigenvalue weighted by molar-refractivity contribution is 5.88. The quantitative estimate of drug-likeness (QED) is 0.888. The summed E-state index contributed by atoms with van der Waals surface area (Å²) in [6.45, 7) is 6.05. The Hall–Kier alpha value is -2.28. The molecule has 1 fully saturated rings. The maximum absolute atomic E-state index is 12.2. The predicted molar refractivity (Wildman–Crippen MR) is 85.2 cm³/mol. The SMILES string of the molecule is Cc1ccc([C@@H](C)NC(=O)Nc2ccnn2C[C@@H]2CCOC2)o1. The topological polar surface area (TPSA) is 81.3 Å². The maximum atomic E-state index is 12.2. The van der Waals surface area contributed by atoms with Gasteiger partial charge in [-0.05, 0) is 32.4 Å². The number of aryl methyl sites for hydroxylation is 1. The number of aromatic nitrogens is 2. The van der Waals surface area contributed by atoms with E-state index in [-0.39, 0.29) is 12.1 Å². The second-order valence-corrected chi connectivity index (χ2v) is 5.90. The summed E-state index contributed by atoms with van der Waals surface area (Å²) in [4.78, 5) is 12.2. The van der Waals surface area contributed by atoms with E-state index < -0.39 is 0 Å². The molecule has 7 heteroatoms. The third kappa shape index (κ3) is 3.92. The van der Waals surface area contributed by atoms with Gasteiger partial charge >= 0.3 is 6.03 Å². The van der Waals surface area contributed by atoms with Crippen LogP contribution in [0.2, 0.25) is 0 Å². The average molecular weight is 318 g/mol. The second-order valence-electron chi connectivity index (χ2n) is 5.90. The number of urea groups is 1. The highest BCUT2D eigenvalue weighted by Crippen LogP contribution is 2.18. The van der Waals surface area contributed by atoms with Crippen LogP contribution in [0.3, 0.4) is 0 Å². The van der Waals surface area contributed by atoms with Crippen molar-refractivity contribution in [2.45, 2.75) is 32.9 Å². The second kappa shape index (κ2) is 6.87. The summed E-state index contributed by atoms with van der Waals surface area (Å²) >= 11 is 0. The van der Waals surface area contributed by atoms with E-state index in [9.17, 15) is 4.79 Å². The van der Waals surface area contributed by atoms with Gasteiger partial charge < -0.3 is 14.5 Å². The Morgan fingerprint density at radius 3 is 3.04 bits per heavy atom. The first-order chi connectivity index (χ1) is 11.1. The molecule has 2 N–H and O–H groups in total. The van der Waals surface area contributed by atoms with Crippen LogP contribution in [0.25, 0.3) is 0 Å². The van der Waals surface area contributed by atoms with E-state index in [4.69, 9.17) is 9.15 Å². The van der Waals surface area contributed by atoms with Crippen LogP contribution < -0.4 is 10.6 Å². The molecule has 1 saturated heterocycles. The van der Waals surface area contributed by atoms with Gasteiger partial charge in [0, 0.05) is 25.1 Å². The molecule has 0 aromatic carbocycles. The molecule has 124 valence electrons. The maximum Gasteiger partial charge on any atom is 0.320 e. The van der Waals surface area contributed by atoms with E-state index >= 15 is 0 Å². The minimum Gasteiger partial charge on any atom is -0.464 e. The van der Waals surface area contributed by atoms with Gasteiger partial charge in [-0.1, -0.05) is 0 Å². The van der Waals surface area contributed by atoms with E-state index in [0.717, 1.165) is 37.7 Å². The first-order valence-corrected chi connectivity index (χ1v) is 7.85. The fourth-order valence-corrected chi connectivity index (χ4v) is 2.66. The number of nitrogens with one attached hydrogen (secondary N) is 2. The van der Waals surface area contributed by atoms with Crippen molar-refractivity contribution in [1.29, 1.82) is 0 Å². The number of carbonyl (C=O) groups is 1. The molecule has 2 aromatic rings. The zero-order valence-corrected chi connectivity index (χ0v) is 13.4. The van der Waals surface area contributed by atoms with Crippen LogP contribution >= 0.6 is 0 Å². The molecule has 2 aromatic heterocycles. The highest BCUT2D eigenvalue weighted by Gasteiger charge is 2.19. The van der Waals surface area contributed by atoms with Crippen molar-refractivity contribution in [1.82, 2.24) is 15.1 Å². The average Bonchev–Trinajstić information content (AvgIpc) is 3.23. The molecule has 2 atom stereocenters. The Kier molecular flexibility index (Phi) is 4.66. The van der Waals surface area contributed by atoms with Crippen LogP contribution in [0, 0.1) is 12.8 Å². The molecule has 7 nitrogen and oxygen atoms in total. The van der Waals surface area contributed by atoms with E-state index in [2.05, 4.69) is 15.7 Å². The molecule has 2 amide bonds. The van der Waals surface area contributed by atoms with Crippen molar-refractivity contribution < 1.29 is 13.9 Å². The van der Waals surface area contributed by atoms with Crippen LogP contribution in [-0.4, -0.2) is 29.0 Å². The Morgan fingerprint density at radius 2 is 2.35 bits per heavy atom. The van der Waals surface area contributed by atoms with Gasteiger partial charge in [0.05, 0.1) is 18.8 Å². The Bertz CT molecular complexity index is 658. The molecule has 0 bridgehead atoms. The lowest BCUT2D eigenvalue weighted by Crippen LogP contribution is -2.32. The third-order valence-corrected chi connectivity index (χ3v) is 3.95. The molecular weight excluding hydrogens is 296 g/mol. The summed E-state index contributed by atoms with van der Waals surface area (Å²) in [5, 5.41) is 9.97. The van der Waals surface area contributed by atoms with E-state index in [1.165, 1.54) is 0 Å². The molecule has 1 aliphatic heterocycles. The van der Waals surface area contributed by atoms with Crippen LogP contribution in [0.4, 0.5) is 10.6 Å². The van der Waals surface area contributed by atoms with E-state index in [1.807, 2.05) is 26.0 Å². The van der Waals surface area contributed by atoms with Crippen molar-refractivity contribution in [2.75, 3.05) is 18.5 Å². The number of hydrogen-bond donors (Lipinski definition) is 2. The number of furan rings is 1. The molecule has 0 unspecified atom stereocenters. The summed E-state index contributed by atoms with van der Waals surface area (Å²) in [5.74, 6) is 2.68. The minimum absolute atomic E-state index is 0.205. The highest BCUT2D eigenvalue weighted by atomic mass is 16.5. The number of hydrogen-bond acceptors (Lipinski definition) is 4. The first-order valence-electron chi connectivity index (χ1n) is 7.85. The van der Waals surface area contributed by atoms with Crippen molar-refractivity contribution in [3.63, 3.8) is 0 Å². The van der Waals surface area contributed by atoms with Gasteiger partial charge in [-0.25, -0.2) is 9.48 Å². The number of nitrogens with zero attached hydrogens (tertiary/aromatic N) is 2. The molecule has 1 aliphatic rings. The third-order valence-electron chi connectivity index (χ3n) is 3.95. The number of amides is 2. The van der Waals surface area contributed by atoms with E-state index in [0.29, 0.717) is 11.7 Å². The largest absolute Gasteiger partial charge is 0.464 e. The molecule has 0 saturated carbocycles. The zero-order chi connectivity index (χ0) is 16.2. The molecule has 3 rings (SSSR count). The lowest BCUT2D eigenvalue weighted by molar-refractivity contribution is 0.181. The number of anilines is 1. The first kappa shape index (κ1) is 15.6. The Morgan fingerprint density at radius 1 is 1.48 bits per heavy atom. The molecule has 0 aliphatic carbocycles. The summed E-state index contributed by atoms with van der Waals surface area (Å²) in [6.07, 6.45) is 2.71. The van der Waals surface area contributed by atoms with Crippen molar-refractivity contribution in [2.24, 2.45) is 5.92 Å². The van der Waals surface area contributed by atoms with Crippen LogP contribution in [0.1, 0.15) is 30.9 Å². The van der Waals surface area contributed by atoms with Gasteiger partial charge in [-0.15, -0.1) is 0 Å². The summed E-state index contributed by atoms with van der Waals surface area (Å²) in [7, 11) is 0. The zero-order valence-electron chi connectivity index (χ0n) is 13.4. The van der Waals surface area contributed by atoms with Crippen LogP contribution in [-0.2, 0) is 11.3 Å². The number of ether oxygens (including phenoxy) is 1. The van der Waals surface area contributed by atoms with Gasteiger partial charge in [-0.3, -0.25) is 5.32 Å². The monoisotopic (exact) mass is 318 g/mol. The molecule has 23 heavy (non-hydrogen) atoms. The lowest BCUT2D eigenvalue weighted by atomic mass is 10.1. The summed E-state index contributed by atoms with van der Waals surface area (Å²) in [6, 6.07) is 5.05. The van der Waals surface area contributed by atoms with Crippen LogP contribution in [0.5, 0.6) is 0 Å². The van der Waals surface area contributed by atoms with Crippen molar-refractivity contribution in [3.05, 3.63) is 35.9 Å². The standard InChI is InChI=1S/C16H22N4O3/c1-11-3-4-14(23-11)12(2)18-16(21)19-15-5-7-17-20(15)9-13-6-8-22-10-13/h3-5,7,12-13H,6,8-10H2,1-2H3,(H2,18,19,21)/t12-,13+/m1/s1. The fraction of sp³-hybridized carbons (Fsp3) is 0.500. The smallest absolute Gasteiger partial charge is 0.320 e. The fourth-order valence-electron chi connectivity index (χ4n) is 2.66. The van der Waals surface area contributed by atoms with Crippen molar-refractivity contribution in [3.8, 4) is 0 Å². The summed E-state index contributed by atoms with van der Waals surface area (Å²) in [5.41, 5.74) is 0. The molecular formula is C16H22N4O3. The van der Waals surface area contributed by atoms with Gasteiger partial charge in [0.25, 0.3) is 0 Å².